The van der Waals surface area contributed by atoms with E-state index in [-0.39, 0.29) is 47.1 Å². The minimum atomic E-state index is -1.12. The second-order valence-corrected chi connectivity index (χ2v) is 13.8. The summed E-state index contributed by atoms with van der Waals surface area (Å²) in [5, 5.41) is 12.7. The minimum Gasteiger partial charge on any atom is -0.508 e. The van der Waals surface area contributed by atoms with Crippen molar-refractivity contribution in [1.29, 1.82) is 0 Å². The highest BCUT2D eigenvalue weighted by Gasteiger charge is 2.34. The van der Waals surface area contributed by atoms with Gasteiger partial charge in [-0.2, -0.15) is 0 Å². The fraction of sp³-hybridized carbons (Fsp3) is 0.294. The molecule has 0 radical (unpaired) electrons. The van der Waals surface area contributed by atoms with Crippen molar-refractivity contribution in [2.75, 3.05) is 46.5 Å². The van der Waals surface area contributed by atoms with Crippen molar-refractivity contribution in [2.24, 2.45) is 10.8 Å². The van der Waals surface area contributed by atoms with Gasteiger partial charge in [0.1, 0.15) is 89.4 Å². The molecule has 0 aliphatic carbocycles. The molecule has 4 aromatic rings. The van der Waals surface area contributed by atoms with Gasteiger partial charge < -0.3 is 19.3 Å². The van der Waals surface area contributed by atoms with Crippen LogP contribution < -0.4 is 14.2 Å². The minimum absolute atomic E-state index is 0. The van der Waals surface area contributed by atoms with E-state index in [1.807, 2.05) is 0 Å². The topological polar surface area (TPSA) is 47.9 Å². The van der Waals surface area contributed by atoms with Gasteiger partial charge in [0.2, 0.25) is 0 Å². The molecule has 0 aromatic heterocycles. The van der Waals surface area contributed by atoms with Gasteiger partial charge in [-0.25, -0.2) is 35.1 Å². The molecule has 0 unspecified atom stereocenters. The van der Waals surface area contributed by atoms with Gasteiger partial charge >= 0.3 is 0 Å². The van der Waals surface area contributed by atoms with Crippen LogP contribution in [0, 0.1) is 57.4 Å². The van der Waals surface area contributed by atoms with Crippen molar-refractivity contribution in [3.8, 4) is 23.0 Å². The number of halogens is 18. The number of hydrogen-bond acceptors (Lipinski definition) is 4. The largest absolute Gasteiger partial charge is 0.508 e. The summed E-state index contributed by atoms with van der Waals surface area (Å²) in [5.74, 6) is -7.42. The molecule has 0 spiro atoms. The van der Waals surface area contributed by atoms with Gasteiger partial charge in [-0.05, 0) is 0 Å². The Bertz CT molecular complexity index is 1430. The van der Waals surface area contributed by atoms with Crippen molar-refractivity contribution in [1.82, 2.24) is 0 Å². The molecular formula is C34H30Br5F13O4. The summed E-state index contributed by atoms with van der Waals surface area (Å²) in [7, 11) is 0. The summed E-state index contributed by atoms with van der Waals surface area (Å²) in [6.07, 6.45) is 0. The average molecular weight is 1150 g/mol. The lowest BCUT2D eigenvalue weighted by Crippen LogP contribution is -2.42. The highest BCUT2D eigenvalue weighted by atomic mass is 79.9. The zero-order chi connectivity index (χ0) is 42.2. The molecule has 4 nitrogen and oxygen atoms in total. The van der Waals surface area contributed by atoms with E-state index in [0.717, 1.165) is 69.9 Å². The Labute approximate surface area is 354 Å². The smallest absolute Gasteiger partial charge is 0.129 e. The van der Waals surface area contributed by atoms with E-state index in [4.69, 9.17) is 37.6 Å². The van der Waals surface area contributed by atoms with Crippen LogP contribution in [0.4, 0.5) is 58.1 Å². The summed E-state index contributed by atoms with van der Waals surface area (Å²) in [6.45, 7) is -0.718. The van der Waals surface area contributed by atoms with Gasteiger partial charge in [0.25, 0.3) is 0 Å². The van der Waals surface area contributed by atoms with Crippen LogP contribution in [0.1, 0.15) is 0 Å². The number of hydrogen-bond donors (Lipinski definition) is 1. The van der Waals surface area contributed by atoms with Crippen molar-refractivity contribution in [2.45, 2.75) is 0 Å². The molecule has 4 rings (SSSR count). The van der Waals surface area contributed by atoms with Crippen molar-refractivity contribution in [3.63, 3.8) is 0 Å². The Morgan fingerprint density at radius 3 is 0.732 bits per heavy atom. The molecule has 0 amide bonds. The monoisotopic (exact) mass is 1140 g/mol. The predicted octanol–water partition coefficient (Wildman–Crippen LogP) is 13.5. The first-order chi connectivity index (χ1) is 26.1. The number of aromatic hydroxyl groups is 1. The van der Waals surface area contributed by atoms with Gasteiger partial charge in [-0.15, -0.1) is 0 Å². The summed E-state index contributed by atoms with van der Waals surface area (Å²) < 4.78 is 154. The maximum atomic E-state index is 13.5. The molecule has 0 aliphatic heterocycles. The van der Waals surface area contributed by atoms with E-state index in [1.165, 1.54) is 0 Å². The average Bonchev–Trinajstić information content (AvgIpc) is 3.13. The highest BCUT2D eigenvalue weighted by Crippen LogP contribution is 2.29. The molecule has 0 aliphatic rings. The third-order valence-electron chi connectivity index (χ3n) is 6.41. The van der Waals surface area contributed by atoms with Crippen LogP contribution in [-0.4, -0.2) is 51.6 Å². The van der Waals surface area contributed by atoms with Crippen molar-refractivity contribution < 1.29 is 77.4 Å². The summed E-state index contributed by atoms with van der Waals surface area (Å²) in [6, 6.07) is 10.2. The molecule has 0 atom stereocenters. The third-order valence-corrected chi connectivity index (χ3v) is 12.4. The molecule has 0 bridgehead atoms. The molecule has 4 aromatic carbocycles. The van der Waals surface area contributed by atoms with Crippen LogP contribution in [0.3, 0.4) is 0 Å². The van der Waals surface area contributed by atoms with Crippen LogP contribution in [-0.2, 0) is 0 Å². The first-order valence-corrected chi connectivity index (χ1v) is 20.2. The van der Waals surface area contributed by atoms with E-state index < -0.39 is 57.7 Å². The zero-order valence-electron chi connectivity index (χ0n) is 28.1. The lowest BCUT2D eigenvalue weighted by atomic mass is 9.94. The number of phenolic OH excluding ortho intramolecular Hbond substituents is 1. The molecule has 1 N–H and O–H groups in total. The van der Waals surface area contributed by atoms with E-state index in [9.17, 15) is 35.1 Å². The summed E-state index contributed by atoms with van der Waals surface area (Å²) in [5.41, 5.74) is -0.783. The quantitative estimate of drug-likeness (QED) is 0.101. The van der Waals surface area contributed by atoms with Gasteiger partial charge in [0.05, 0.1) is 5.41 Å². The standard InChI is InChI=1S/C23H17BrF6O3.C6H4F2O.C5H8Br4.2F2.FH/c24-10-23(11-31-20-4-14(25)1-15(26)5-20,12-32-21-6-16(27)2-17(28)7-21)13-33-22-8-18(29)3-19(30)9-22;7-4-1-5(8)3-6(9)2-4;6-1-5(2-7,3-8)4-9;2*1-2;/h1-9H,10-13H2;1-3,9H;1-4H2;;;1H. The summed E-state index contributed by atoms with van der Waals surface area (Å²) in [4.78, 5) is 0. The zero-order valence-corrected chi connectivity index (χ0v) is 36.0. The van der Waals surface area contributed by atoms with E-state index >= 15 is 0 Å². The van der Waals surface area contributed by atoms with Crippen LogP contribution in [0.15, 0.2) is 72.8 Å². The maximum absolute atomic E-state index is 13.5. The van der Waals surface area contributed by atoms with E-state index in [0.29, 0.717) is 29.7 Å². The lowest BCUT2D eigenvalue weighted by molar-refractivity contribution is 0.0514. The lowest BCUT2D eigenvalue weighted by Gasteiger charge is -2.31. The number of ether oxygens (including phenoxy) is 3. The normalized spacial score (nSPS) is 10.4. The number of alkyl halides is 5. The second kappa shape index (κ2) is 29.7. The predicted molar refractivity (Wildman–Crippen MR) is 204 cm³/mol. The SMILES string of the molecule is BrCC(CBr)(CBr)CBr.F.FF.FF.Fc1cc(F)cc(OCC(CBr)(COc2cc(F)cc(F)c2)COc2cc(F)cc(F)c2)c1.Oc1cc(F)cc(F)c1. The third kappa shape index (κ3) is 21.4. The first kappa shape index (κ1) is 55.7. The van der Waals surface area contributed by atoms with Crippen LogP contribution in [0.5, 0.6) is 23.0 Å². The molecule has 316 valence electrons. The van der Waals surface area contributed by atoms with Gasteiger partial charge in [-0.3, -0.25) is 4.70 Å². The molecule has 0 heterocycles. The fourth-order valence-electron chi connectivity index (χ4n) is 3.54. The highest BCUT2D eigenvalue weighted by molar-refractivity contribution is 9.11. The first-order valence-electron chi connectivity index (χ1n) is 14.6. The van der Waals surface area contributed by atoms with Crippen LogP contribution in [0.25, 0.3) is 0 Å². The Kier molecular flexibility index (Phi) is 29.6. The Balaban J connectivity index is 0. The van der Waals surface area contributed by atoms with Gasteiger partial charge in [0, 0.05) is 123 Å². The van der Waals surface area contributed by atoms with Crippen molar-refractivity contribution in [3.05, 3.63) is 119 Å². The molecule has 0 fully saturated rings. The second-order valence-electron chi connectivity index (χ2n) is 11.0. The Morgan fingerprint density at radius 2 is 0.571 bits per heavy atom. The van der Waals surface area contributed by atoms with Gasteiger partial charge in [0.15, 0.2) is 0 Å². The summed E-state index contributed by atoms with van der Waals surface area (Å²) >= 11 is 17.2. The fourth-order valence-corrected chi connectivity index (χ4v) is 9.60. The maximum Gasteiger partial charge on any atom is 0.129 e. The molecule has 0 saturated carbocycles. The van der Waals surface area contributed by atoms with E-state index in [1.54, 1.807) is 0 Å². The molecule has 56 heavy (non-hydrogen) atoms. The molecule has 22 heteroatoms. The Hall–Kier alpha value is -2.43. The molecule has 0 saturated heterocycles. The van der Waals surface area contributed by atoms with Crippen LogP contribution >= 0.6 is 79.6 Å². The molecular weight excluding hydrogens is 1120 g/mol. The number of benzene rings is 4. The van der Waals surface area contributed by atoms with Crippen LogP contribution in [0.2, 0.25) is 0 Å². The van der Waals surface area contributed by atoms with Crippen molar-refractivity contribution >= 4 is 79.6 Å². The number of phenols is 1. The van der Waals surface area contributed by atoms with E-state index in [2.05, 4.69) is 79.6 Å². The van der Waals surface area contributed by atoms with Gasteiger partial charge in [-0.1, -0.05) is 79.6 Å². The number of rotatable bonds is 14. The Morgan fingerprint density at radius 1 is 0.375 bits per heavy atom.